The molecule has 1 saturated heterocycles. The second kappa shape index (κ2) is 19.9. The number of aromatic nitrogens is 1. The fraction of sp³-hybridized carbons (Fsp3) is 0.692. The van der Waals surface area contributed by atoms with Crippen molar-refractivity contribution in [1.29, 1.82) is 0 Å². The zero-order valence-electron chi connectivity index (χ0n) is 32.9. The molecule has 12 nitrogen and oxygen atoms in total. The molecule has 2 aromatic rings. The minimum Gasteiger partial charge on any atom is -0.379 e. The molecule has 2 heterocycles. The van der Waals surface area contributed by atoms with Crippen LogP contribution in [0.2, 0.25) is 0 Å². The molecular formula is C39H64N6O6S. The quantitative estimate of drug-likeness (QED) is 0.156. The van der Waals surface area contributed by atoms with Crippen LogP contribution in [-0.2, 0) is 30.3 Å². The van der Waals surface area contributed by atoms with Crippen molar-refractivity contribution in [2.24, 2.45) is 23.5 Å². The number of ether oxygens (including phenoxy) is 2. The number of nitrogens with one attached hydrogen (secondary N) is 2. The first-order chi connectivity index (χ1) is 24.5. The lowest BCUT2D eigenvalue weighted by atomic mass is 9.89. The van der Waals surface area contributed by atoms with Crippen molar-refractivity contribution in [2.75, 3.05) is 27.8 Å². The highest BCUT2D eigenvalue weighted by Crippen LogP contribution is 2.32. The first kappa shape index (κ1) is 43.5. The Kier molecular flexibility index (Phi) is 16.7. The minimum atomic E-state index is -1.14. The first-order valence-corrected chi connectivity index (χ1v) is 19.5. The summed E-state index contributed by atoms with van der Waals surface area (Å²) < 4.78 is 12.1. The Labute approximate surface area is 315 Å². The van der Waals surface area contributed by atoms with E-state index in [1.165, 1.54) is 11.3 Å². The van der Waals surface area contributed by atoms with Crippen molar-refractivity contribution in [3.05, 3.63) is 52.5 Å². The van der Waals surface area contributed by atoms with Crippen molar-refractivity contribution in [3.8, 4) is 0 Å². The van der Waals surface area contributed by atoms with E-state index in [-0.39, 0.29) is 42.2 Å². The van der Waals surface area contributed by atoms with Crippen molar-refractivity contribution < 1.29 is 29.0 Å². The lowest BCUT2D eigenvalue weighted by molar-refractivity contribution is -0.146. The molecule has 3 rings (SSSR count). The number of thiazole rings is 1. The van der Waals surface area contributed by atoms with E-state index in [9.17, 15) is 19.5 Å². The summed E-state index contributed by atoms with van der Waals surface area (Å²) in [6.07, 6.45) is 3.03. The summed E-state index contributed by atoms with van der Waals surface area (Å²) in [5, 5.41) is 20.7. The van der Waals surface area contributed by atoms with Crippen LogP contribution in [-0.4, -0.2) is 108 Å². The Morgan fingerprint density at radius 3 is 2.33 bits per heavy atom. The fourth-order valence-electron chi connectivity index (χ4n) is 7.31. The van der Waals surface area contributed by atoms with Crippen LogP contribution >= 0.6 is 11.3 Å². The normalized spacial score (nSPS) is 20.0. The summed E-state index contributed by atoms with van der Waals surface area (Å²) in [6, 6.07) is 8.36. The van der Waals surface area contributed by atoms with Gasteiger partial charge >= 0.3 is 0 Å². The van der Waals surface area contributed by atoms with Crippen LogP contribution in [0.25, 0.3) is 0 Å². The maximum Gasteiger partial charge on any atom is 0.245 e. The molecule has 52 heavy (non-hydrogen) atoms. The Morgan fingerprint density at radius 2 is 1.79 bits per heavy atom. The van der Waals surface area contributed by atoms with Crippen LogP contribution in [0.3, 0.4) is 0 Å². The van der Waals surface area contributed by atoms with Gasteiger partial charge in [-0.25, -0.2) is 4.98 Å². The average Bonchev–Trinajstić information content (AvgIpc) is 3.83. The maximum absolute atomic E-state index is 14.0. The largest absolute Gasteiger partial charge is 0.379 e. The van der Waals surface area contributed by atoms with Crippen molar-refractivity contribution >= 4 is 29.1 Å². The Morgan fingerprint density at radius 1 is 1.12 bits per heavy atom. The molecule has 0 bridgehead atoms. The van der Waals surface area contributed by atoms with Crippen LogP contribution in [0, 0.1) is 17.8 Å². The van der Waals surface area contributed by atoms with Gasteiger partial charge in [0.15, 0.2) is 0 Å². The number of benzene rings is 1. The number of nitrogens with zero attached hydrogens (tertiary/aromatic N) is 3. The maximum atomic E-state index is 14.0. The highest BCUT2D eigenvalue weighted by atomic mass is 32.1. The fourth-order valence-corrected chi connectivity index (χ4v) is 7.99. The molecule has 3 amide bonds. The third kappa shape index (κ3) is 11.3. The van der Waals surface area contributed by atoms with Crippen molar-refractivity contribution in [2.45, 2.75) is 129 Å². The van der Waals surface area contributed by atoms with Crippen LogP contribution in [0.1, 0.15) is 90.8 Å². The van der Waals surface area contributed by atoms with Crippen LogP contribution < -0.4 is 16.4 Å². The predicted molar refractivity (Wildman–Crippen MR) is 205 cm³/mol. The van der Waals surface area contributed by atoms with Gasteiger partial charge < -0.3 is 35.8 Å². The van der Waals surface area contributed by atoms with Crippen LogP contribution in [0.5, 0.6) is 0 Å². The van der Waals surface area contributed by atoms with Gasteiger partial charge in [-0.05, 0) is 50.5 Å². The summed E-state index contributed by atoms with van der Waals surface area (Å²) >= 11 is 1.51. The number of aliphatic hydroxyl groups is 1. The molecule has 1 aromatic carbocycles. The molecular weight excluding hydrogens is 681 g/mol. The van der Waals surface area contributed by atoms with E-state index in [1.54, 1.807) is 46.2 Å². The number of likely N-dealkylation sites (N-methyl/N-ethyl adjacent to an activating group) is 1. The van der Waals surface area contributed by atoms with E-state index >= 15 is 0 Å². The van der Waals surface area contributed by atoms with E-state index in [0.29, 0.717) is 13.0 Å². The molecule has 13 heteroatoms. The van der Waals surface area contributed by atoms with E-state index in [1.807, 2.05) is 61.4 Å². The van der Waals surface area contributed by atoms with E-state index < -0.39 is 47.9 Å². The molecule has 0 saturated carbocycles. The standard InChI is InChI=1S/C39H64N6O6S/c1-11-25(4)33(44(8)37(48)32(24(2)3)43-38(49)39(6,7)40)30(50-9)23-31(46)45-20-15-18-29(45)34(51-10)26(5)35(47)42-28(36-41-19-21-52-36)22-27-16-13-12-14-17-27/h12-14,16-17,19,21,24-26,28-34,46H,11,15,18,20,22-23,40H2,1-10H3,(H,42,47)(H,43,49)/t25-,26+,28-,29-,30+,31?,32-,33-,34+/m0/s1. The van der Waals surface area contributed by atoms with Crippen LogP contribution in [0.4, 0.5) is 0 Å². The Bertz CT molecular complexity index is 1390. The van der Waals surface area contributed by atoms with Gasteiger partial charge in [-0.15, -0.1) is 11.3 Å². The zero-order chi connectivity index (χ0) is 38.7. The lowest BCUT2D eigenvalue weighted by Crippen LogP contribution is -2.60. The van der Waals surface area contributed by atoms with Crippen LogP contribution in [0.15, 0.2) is 41.9 Å². The second-order valence-corrected chi connectivity index (χ2v) is 16.2. The monoisotopic (exact) mass is 744 g/mol. The van der Waals surface area contributed by atoms with Gasteiger partial charge in [0.2, 0.25) is 17.7 Å². The third-order valence-corrected chi connectivity index (χ3v) is 11.5. The van der Waals surface area contributed by atoms with Gasteiger partial charge in [-0.3, -0.25) is 19.3 Å². The highest BCUT2D eigenvalue weighted by Gasteiger charge is 2.43. The third-order valence-electron chi connectivity index (χ3n) is 10.6. The smallest absolute Gasteiger partial charge is 0.245 e. The molecule has 0 aliphatic carbocycles. The first-order valence-electron chi connectivity index (χ1n) is 18.6. The molecule has 5 N–H and O–H groups in total. The number of carbonyl (C=O) groups is 3. The van der Waals surface area contributed by atoms with Gasteiger partial charge in [0, 0.05) is 51.9 Å². The highest BCUT2D eigenvalue weighted by molar-refractivity contribution is 7.09. The summed E-state index contributed by atoms with van der Waals surface area (Å²) in [5.41, 5.74) is 6.00. The second-order valence-electron chi connectivity index (χ2n) is 15.3. The molecule has 1 unspecified atom stereocenters. The molecule has 1 aliphatic heterocycles. The van der Waals surface area contributed by atoms with Crippen molar-refractivity contribution in [3.63, 3.8) is 0 Å². The van der Waals surface area contributed by atoms with E-state index in [2.05, 4.69) is 29.5 Å². The summed E-state index contributed by atoms with van der Waals surface area (Å²) in [4.78, 5) is 48.9. The minimum absolute atomic E-state index is 0.0204. The number of carbonyl (C=O) groups excluding carboxylic acids is 3. The molecule has 1 aromatic heterocycles. The topological polar surface area (TPSA) is 159 Å². The van der Waals surface area contributed by atoms with Gasteiger partial charge in [0.25, 0.3) is 0 Å². The SMILES string of the molecule is CC[C@H](C)[C@@H]([C@@H](CC(O)N1CCC[C@H]1[C@H](OC)[C@@H](C)C(=O)N[C@@H](Cc1ccccc1)c1nccs1)OC)N(C)C(=O)[C@@H](NC(=O)C(C)(C)N)C(C)C. The van der Waals surface area contributed by atoms with E-state index in [4.69, 9.17) is 15.2 Å². The van der Waals surface area contributed by atoms with Gasteiger partial charge in [-0.1, -0.05) is 71.4 Å². The molecule has 0 radical (unpaired) electrons. The number of amides is 3. The molecule has 1 aliphatic rings. The molecule has 0 spiro atoms. The lowest BCUT2D eigenvalue weighted by Gasteiger charge is -2.42. The van der Waals surface area contributed by atoms with E-state index in [0.717, 1.165) is 29.8 Å². The summed E-state index contributed by atoms with van der Waals surface area (Å²) in [6.45, 7) is 13.6. The Balaban J connectivity index is 1.78. The molecule has 1 fully saturated rings. The van der Waals surface area contributed by atoms with Gasteiger partial charge in [0.1, 0.15) is 17.3 Å². The summed E-state index contributed by atoms with van der Waals surface area (Å²) in [5.74, 6) is -1.46. The number of likely N-dealkylation sites (tertiary alicyclic amines) is 1. The van der Waals surface area contributed by atoms with Crippen molar-refractivity contribution in [1.82, 2.24) is 25.4 Å². The number of methoxy groups -OCH3 is 2. The molecule has 292 valence electrons. The van der Waals surface area contributed by atoms with Gasteiger partial charge in [-0.2, -0.15) is 0 Å². The number of aliphatic hydroxyl groups excluding tert-OH is 1. The average molecular weight is 745 g/mol. The molecule has 9 atom stereocenters. The Hall–Kier alpha value is -2.94. The number of nitrogens with two attached hydrogens (primary N) is 1. The zero-order valence-corrected chi connectivity index (χ0v) is 33.7. The summed E-state index contributed by atoms with van der Waals surface area (Å²) in [7, 11) is 4.96. The number of hydrogen-bond donors (Lipinski definition) is 4. The van der Waals surface area contributed by atoms with Gasteiger partial charge in [0.05, 0.1) is 35.7 Å². The predicted octanol–water partition coefficient (Wildman–Crippen LogP) is 4.13. The number of hydrogen-bond acceptors (Lipinski definition) is 10. The number of rotatable bonds is 20.